The molecule has 0 N–H and O–H groups in total. The van der Waals surface area contributed by atoms with Crippen molar-refractivity contribution in [3.63, 3.8) is 0 Å². The fourth-order valence-electron chi connectivity index (χ4n) is 1.17. The van der Waals surface area contributed by atoms with Crippen LogP contribution in [-0.4, -0.2) is 20.2 Å². The van der Waals surface area contributed by atoms with E-state index in [0.29, 0.717) is 6.04 Å². The van der Waals surface area contributed by atoms with Gasteiger partial charge in [-0.3, -0.25) is 0 Å². The van der Waals surface area contributed by atoms with Gasteiger partial charge in [-0.1, -0.05) is 6.92 Å². The number of rotatable bonds is 2. The van der Waals surface area contributed by atoms with Crippen molar-refractivity contribution >= 4 is 0 Å². The molecule has 1 aromatic heterocycles. The van der Waals surface area contributed by atoms with Crippen molar-refractivity contribution < 1.29 is 0 Å². The van der Waals surface area contributed by atoms with E-state index in [2.05, 4.69) is 15.4 Å². The summed E-state index contributed by atoms with van der Waals surface area (Å²) in [6.07, 6.45) is 4.64. The maximum absolute atomic E-state index is 4.25. The fraction of sp³-hybridized carbons (Fsp3) is 0.857. The highest BCUT2D eigenvalue weighted by molar-refractivity contribution is 4.78. The molecule has 1 fully saturated rings. The first-order valence-corrected chi connectivity index (χ1v) is 4.18. The lowest BCUT2D eigenvalue weighted by Gasteiger charge is -2.22. The minimum Gasteiger partial charge on any atom is -0.161 e. The van der Waals surface area contributed by atoms with Crippen LogP contribution in [0.5, 0.6) is 0 Å². The van der Waals surface area contributed by atoms with Crippen LogP contribution in [0.4, 0.5) is 0 Å². The Labute approximate surface area is 65.6 Å². The summed E-state index contributed by atoms with van der Waals surface area (Å²) < 4.78 is 0. The Kier molecular flexibility index (Phi) is 1.60. The van der Waals surface area contributed by atoms with Crippen molar-refractivity contribution in [1.29, 1.82) is 0 Å². The van der Waals surface area contributed by atoms with E-state index < -0.39 is 0 Å². The second kappa shape index (κ2) is 2.60. The number of hydrogen-bond donors (Lipinski definition) is 0. The molecule has 4 heteroatoms. The first-order chi connectivity index (χ1) is 5.40. The number of hydrogen-bond acceptors (Lipinski definition) is 3. The van der Waals surface area contributed by atoms with Crippen molar-refractivity contribution in [3.05, 3.63) is 5.82 Å². The zero-order chi connectivity index (χ0) is 7.68. The first kappa shape index (κ1) is 6.76. The molecule has 0 aliphatic heterocycles. The molecule has 60 valence electrons. The molecule has 1 aliphatic carbocycles. The van der Waals surface area contributed by atoms with Crippen molar-refractivity contribution in [3.8, 4) is 0 Å². The Morgan fingerprint density at radius 2 is 2.36 bits per heavy atom. The molecular formula is C7H12N4. The zero-order valence-corrected chi connectivity index (χ0v) is 6.69. The van der Waals surface area contributed by atoms with Gasteiger partial charge in [0.05, 0.1) is 6.04 Å². The molecule has 0 aromatic carbocycles. The summed E-state index contributed by atoms with van der Waals surface area (Å²) in [4.78, 5) is 1.77. The van der Waals surface area contributed by atoms with Gasteiger partial charge in [-0.25, -0.2) is 0 Å². The van der Waals surface area contributed by atoms with Gasteiger partial charge in [-0.2, -0.15) is 4.80 Å². The van der Waals surface area contributed by atoms with Crippen LogP contribution in [-0.2, 0) is 6.42 Å². The van der Waals surface area contributed by atoms with Gasteiger partial charge < -0.3 is 0 Å². The molecule has 0 atom stereocenters. The molecule has 1 heterocycles. The van der Waals surface area contributed by atoms with Crippen LogP contribution in [0, 0.1) is 0 Å². The van der Waals surface area contributed by atoms with Gasteiger partial charge in [0.15, 0.2) is 5.82 Å². The summed E-state index contributed by atoms with van der Waals surface area (Å²) in [6.45, 7) is 2.04. The summed E-state index contributed by atoms with van der Waals surface area (Å²) in [5.74, 6) is 0.858. The quantitative estimate of drug-likeness (QED) is 0.634. The normalized spacial score (nSPS) is 18.3. The van der Waals surface area contributed by atoms with E-state index >= 15 is 0 Å². The molecule has 0 bridgehead atoms. The van der Waals surface area contributed by atoms with Gasteiger partial charge >= 0.3 is 0 Å². The number of aryl methyl sites for hydroxylation is 1. The maximum atomic E-state index is 4.25. The van der Waals surface area contributed by atoms with Crippen LogP contribution in [0.3, 0.4) is 0 Å². The van der Waals surface area contributed by atoms with Crippen molar-refractivity contribution in [1.82, 2.24) is 20.2 Å². The van der Waals surface area contributed by atoms with Gasteiger partial charge in [0.1, 0.15) is 0 Å². The number of tetrazole rings is 1. The molecule has 1 saturated carbocycles. The average Bonchev–Trinajstić information content (AvgIpc) is 2.32. The van der Waals surface area contributed by atoms with Crippen LogP contribution in [0.25, 0.3) is 0 Å². The van der Waals surface area contributed by atoms with E-state index in [1.54, 1.807) is 4.80 Å². The lowest BCUT2D eigenvalue weighted by atomic mass is 9.94. The van der Waals surface area contributed by atoms with Crippen LogP contribution >= 0.6 is 0 Å². The minimum absolute atomic E-state index is 0.544. The molecule has 0 unspecified atom stereocenters. The molecule has 0 spiro atoms. The van der Waals surface area contributed by atoms with Crippen LogP contribution in [0.15, 0.2) is 0 Å². The molecule has 0 saturated heterocycles. The number of nitrogens with zero attached hydrogens (tertiary/aromatic N) is 4. The molecule has 11 heavy (non-hydrogen) atoms. The standard InChI is InChI=1S/C7H12N4/c1-2-7-8-10-11(9-7)6-4-3-5-6/h6H,2-5H2,1H3. The Hall–Kier alpha value is -0.930. The molecule has 1 aliphatic rings. The summed E-state index contributed by atoms with van der Waals surface area (Å²) >= 11 is 0. The Morgan fingerprint density at radius 3 is 2.82 bits per heavy atom. The largest absolute Gasteiger partial charge is 0.174 e. The van der Waals surface area contributed by atoms with Gasteiger partial charge in [-0.05, 0) is 24.5 Å². The Morgan fingerprint density at radius 1 is 1.55 bits per heavy atom. The highest BCUT2D eigenvalue weighted by Gasteiger charge is 2.21. The molecular weight excluding hydrogens is 140 g/mol. The smallest absolute Gasteiger partial charge is 0.161 e. The van der Waals surface area contributed by atoms with E-state index in [4.69, 9.17) is 0 Å². The molecule has 0 amide bonds. The SMILES string of the molecule is CCc1nnn(C2CCC2)n1. The minimum atomic E-state index is 0.544. The second-order valence-electron chi connectivity index (χ2n) is 2.96. The summed E-state index contributed by atoms with van der Waals surface area (Å²) in [6, 6.07) is 0.544. The zero-order valence-electron chi connectivity index (χ0n) is 6.69. The molecule has 4 nitrogen and oxygen atoms in total. The third kappa shape index (κ3) is 1.13. The summed E-state index contributed by atoms with van der Waals surface area (Å²) in [5.41, 5.74) is 0. The van der Waals surface area contributed by atoms with Crippen LogP contribution in [0.1, 0.15) is 38.1 Å². The topological polar surface area (TPSA) is 43.6 Å². The fourth-order valence-corrected chi connectivity index (χ4v) is 1.17. The van der Waals surface area contributed by atoms with Gasteiger partial charge in [0, 0.05) is 6.42 Å². The highest BCUT2D eigenvalue weighted by atomic mass is 15.6. The highest BCUT2D eigenvalue weighted by Crippen LogP contribution is 2.29. The number of aromatic nitrogens is 4. The third-order valence-electron chi connectivity index (χ3n) is 2.19. The van der Waals surface area contributed by atoms with Gasteiger partial charge in [0.25, 0.3) is 0 Å². The summed E-state index contributed by atoms with van der Waals surface area (Å²) in [5, 5.41) is 12.1. The van der Waals surface area contributed by atoms with E-state index in [1.807, 2.05) is 6.92 Å². The van der Waals surface area contributed by atoms with E-state index in [0.717, 1.165) is 12.2 Å². The Balaban J connectivity index is 2.11. The predicted octanol–water partition coefficient (Wildman–Crippen LogP) is 0.960. The average molecular weight is 152 g/mol. The molecule has 2 rings (SSSR count). The Bertz CT molecular complexity index is 238. The molecule has 0 radical (unpaired) electrons. The second-order valence-corrected chi connectivity index (χ2v) is 2.96. The van der Waals surface area contributed by atoms with Crippen molar-refractivity contribution in [2.75, 3.05) is 0 Å². The molecule has 1 aromatic rings. The van der Waals surface area contributed by atoms with Crippen LogP contribution < -0.4 is 0 Å². The van der Waals surface area contributed by atoms with Gasteiger partial charge in [0.2, 0.25) is 0 Å². The van der Waals surface area contributed by atoms with Crippen molar-refractivity contribution in [2.24, 2.45) is 0 Å². The third-order valence-corrected chi connectivity index (χ3v) is 2.19. The lowest BCUT2D eigenvalue weighted by Crippen LogP contribution is -2.19. The summed E-state index contributed by atoms with van der Waals surface area (Å²) in [7, 11) is 0. The maximum Gasteiger partial charge on any atom is 0.174 e. The van der Waals surface area contributed by atoms with E-state index in [-0.39, 0.29) is 0 Å². The van der Waals surface area contributed by atoms with Crippen LogP contribution in [0.2, 0.25) is 0 Å². The predicted molar refractivity (Wildman–Crippen MR) is 40.1 cm³/mol. The van der Waals surface area contributed by atoms with E-state index in [1.165, 1.54) is 19.3 Å². The van der Waals surface area contributed by atoms with Crippen molar-refractivity contribution in [2.45, 2.75) is 38.6 Å². The lowest BCUT2D eigenvalue weighted by molar-refractivity contribution is 0.257. The first-order valence-electron chi connectivity index (χ1n) is 4.18. The van der Waals surface area contributed by atoms with E-state index in [9.17, 15) is 0 Å². The van der Waals surface area contributed by atoms with Gasteiger partial charge in [-0.15, -0.1) is 10.2 Å². The monoisotopic (exact) mass is 152 g/mol.